The van der Waals surface area contributed by atoms with Crippen molar-refractivity contribution in [2.45, 2.75) is 52.0 Å². The van der Waals surface area contributed by atoms with E-state index >= 15 is 0 Å². The van der Waals surface area contributed by atoms with Gasteiger partial charge in [0.1, 0.15) is 5.69 Å². The quantitative estimate of drug-likeness (QED) is 0.915. The molecule has 0 saturated heterocycles. The Morgan fingerprint density at radius 1 is 1.32 bits per heavy atom. The van der Waals surface area contributed by atoms with Crippen molar-refractivity contribution in [3.8, 4) is 0 Å². The zero-order valence-electron chi connectivity index (χ0n) is 13.5. The zero-order valence-corrected chi connectivity index (χ0v) is 13.5. The lowest BCUT2D eigenvalue weighted by atomic mass is 9.93. The van der Waals surface area contributed by atoms with Gasteiger partial charge in [0, 0.05) is 11.9 Å². The first kappa shape index (κ1) is 14.8. The summed E-state index contributed by atoms with van der Waals surface area (Å²) in [6.45, 7) is 6.32. The van der Waals surface area contributed by atoms with Gasteiger partial charge in [-0.1, -0.05) is 32.0 Å². The highest BCUT2D eigenvalue weighted by atomic mass is 16.2. The van der Waals surface area contributed by atoms with E-state index in [0.29, 0.717) is 17.7 Å². The van der Waals surface area contributed by atoms with Crippen LogP contribution in [0.3, 0.4) is 0 Å². The SMILES string of the molecule is Cc1cccc(C(C)C)c1NC(=O)c1ccnn1C1CCC1. The highest BCUT2D eigenvalue weighted by Crippen LogP contribution is 2.32. The lowest BCUT2D eigenvalue weighted by Crippen LogP contribution is -2.25. The number of para-hydroxylation sites is 1. The van der Waals surface area contributed by atoms with Gasteiger partial charge in [-0.15, -0.1) is 0 Å². The first-order valence-corrected chi connectivity index (χ1v) is 8.02. The van der Waals surface area contributed by atoms with E-state index in [1.54, 1.807) is 12.3 Å². The lowest BCUT2D eigenvalue weighted by Gasteiger charge is -2.27. The topological polar surface area (TPSA) is 46.9 Å². The summed E-state index contributed by atoms with van der Waals surface area (Å²) in [5.41, 5.74) is 3.85. The van der Waals surface area contributed by atoms with Crippen molar-refractivity contribution >= 4 is 11.6 Å². The number of hydrogen-bond donors (Lipinski definition) is 1. The normalized spacial score (nSPS) is 14.9. The largest absolute Gasteiger partial charge is 0.320 e. The van der Waals surface area contributed by atoms with Gasteiger partial charge in [0.05, 0.1) is 6.04 Å². The average molecular weight is 297 g/mol. The molecule has 0 spiro atoms. The van der Waals surface area contributed by atoms with Crippen LogP contribution in [-0.4, -0.2) is 15.7 Å². The maximum Gasteiger partial charge on any atom is 0.273 e. The smallest absolute Gasteiger partial charge is 0.273 e. The van der Waals surface area contributed by atoms with E-state index in [4.69, 9.17) is 0 Å². The van der Waals surface area contributed by atoms with Crippen LogP contribution in [0.15, 0.2) is 30.5 Å². The number of amides is 1. The molecule has 2 aromatic rings. The monoisotopic (exact) mass is 297 g/mol. The molecule has 1 saturated carbocycles. The molecule has 1 aromatic heterocycles. The minimum atomic E-state index is -0.0689. The fourth-order valence-corrected chi connectivity index (χ4v) is 2.94. The average Bonchev–Trinajstić information content (AvgIpc) is 2.87. The Morgan fingerprint density at radius 2 is 2.09 bits per heavy atom. The number of nitrogens with zero attached hydrogens (tertiary/aromatic N) is 2. The van der Waals surface area contributed by atoms with Crippen LogP contribution < -0.4 is 5.32 Å². The molecule has 0 aliphatic heterocycles. The number of aromatic nitrogens is 2. The highest BCUT2D eigenvalue weighted by molar-refractivity contribution is 6.04. The number of carbonyl (C=O) groups excluding carboxylic acids is 1. The number of anilines is 1. The number of benzene rings is 1. The molecule has 1 amide bonds. The number of hydrogen-bond acceptors (Lipinski definition) is 2. The Morgan fingerprint density at radius 3 is 2.73 bits per heavy atom. The predicted molar refractivity (Wildman–Crippen MR) is 88.3 cm³/mol. The van der Waals surface area contributed by atoms with Gasteiger partial charge in [0.25, 0.3) is 5.91 Å². The fourth-order valence-electron chi connectivity index (χ4n) is 2.94. The highest BCUT2D eigenvalue weighted by Gasteiger charge is 2.25. The number of rotatable bonds is 4. The van der Waals surface area contributed by atoms with Gasteiger partial charge in [-0.25, -0.2) is 0 Å². The fraction of sp³-hybridized carbons (Fsp3) is 0.444. The first-order valence-electron chi connectivity index (χ1n) is 8.02. The third kappa shape index (κ3) is 2.65. The second-order valence-corrected chi connectivity index (χ2v) is 6.39. The Labute approximate surface area is 131 Å². The first-order chi connectivity index (χ1) is 10.6. The maximum atomic E-state index is 12.7. The molecule has 1 aliphatic rings. The van der Waals surface area contributed by atoms with Gasteiger partial charge < -0.3 is 5.32 Å². The van der Waals surface area contributed by atoms with E-state index in [0.717, 1.165) is 24.1 Å². The molecule has 4 heteroatoms. The Kier molecular flexibility index (Phi) is 4.01. The molecule has 116 valence electrons. The summed E-state index contributed by atoms with van der Waals surface area (Å²) < 4.78 is 1.88. The molecule has 1 aromatic carbocycles. The Hall–Kier alpha value is -2.10. The Bertz CT molecular complexity index is 683. The summed E-state index contributed by atoms with van der Waals surface area (Å²) in [5.74, 6) is 0.298. The molecule has 1 heterocycles. The van der Waals surface area contributed by atoms with Crippen LogP contribution in [0.5, 0.6) is 0 Å². The van der Waals surface area contributed by atoms with Gasteiger partial charge in [-0.2, -0.15) is 5.10 Å². The molecule has 3 rings (SSSR count). The molecular formula is C18H23N3O. The molecular weight excluding hydrogens is 274 g/mol. The molecule has 0 unspecified atom stereocenters. The third-order valence-electron chi connectivity index (χ3n) is 4.49. The molecule has 1 N–H and O–H groups in total. The molecule has 0 bridgehead atoms. The van der Waals surface area contributed by atoms with E-state index < -0.39 is 0 Å². The summed E-state index contributed by atoms with van der Waals surface area (Å²) in [6.07, 6.45) is 5.17. The van der Waals surface area contributed by atoms with Crippen LogP contribution in [0.4, 0.5) is 5.69 Å². The second-order valence-electron chi connectivity index (χ2n) is 6.39. The molecule has 4 nitrogen and oxygen atoms in total. The van der Waals surface area contributed by atoms with Gasteiger partial charge in [0.15, 0.2) is 0 Å². The second kappa shape index (κ2) is 5.95. The number of aryl methyl sites for hydroxylation is 1. The minimum Gasteiger partial charge on any atom is -0.320 e. The van der Waals surface area contributed by atoms with Gasteiger partial charge in [-0.05, 0) is 49.3 Å². The number of carbonyl (C=O) groups is 1. The standard InChI is InChI=1S/C18H23N3O/c1-12(2)15-9-4-6-13(3)17(15)20-18(22)16-10-11-19-21(16)14-7-5-8-14/h4,6,9-12,14H,5,7-8H2,1-3H3,(H,20,22). The summed E-state index contributed by atoms with van der Waals surface area (Å²) in [6, 6.07) is 8.35. The van der Waals surface area contributed by atoms with Crippen LogP contribution >= 0.6 is 0 Å². The van der Waals surface area contributed by atoms with Crippen molar-refractivity contribution in [3.63, 3.8) is 0 Å². The van der Waals surface area contributed by atoms with Crippen molar-refractivity contribution in [1.82, 2.24) is 9.78 Å². The van der Waals surface area contributed by atoms with Crippen LogP contribution in [-0.2, 0) is 0 Å². The summed E-state index contributed by atoms with van der Waals surface area (Å²) in [5, 5.41) is 7.44. The molecule has 1 aliphatic carbocycles. The maximum absolute atomic E-state index is 12.7. The van der Waals surface area contributed by atoms with E-state index in [1.165, 1.54) is 12.0 Å². The van der Waals surface area contributed by atoms with E-state index in [1.807, 2.05) is 23.7 Å². The minimum absolute atomic E-state index is 0.0689. The van der Waals surface area contributed by atoms with Crippen LogP contribution in [0.1, 0.15) is 66.7 Å². The lowest BCUT2D eigenvalue weighted by molar-refractivity contribution is 0.100. The van der Waals surface area contributed by atoms with Crippen LogP contribution in [0, 0.1) is 6.92 Å². The van der Waals surface area contributed by atoms with Crippen molar-refractivity contribution in [3.05, 3.63) is 47.3 Å². The van der Waals surface area contributed by atoms with Crippen LogP contribution in [0.2, 0.25) is 0 Å². The van der Waals surface area contributed by atoms with E-state index in [-0.39, 0.29) is 5.91 Å². The molecule has 0 atom stereocenters. The zero-order chi connectivity index (χ0) is 15.7. The van der Waals surface area contributed by atoms with Crippen molar-refractivity contribution in [2.75, 3.05) is 5.32 Å². The third-order valence-corrected chi connectivity index (χ3v) is 4.49. The Balaban J connectivity index is 1.88. The van der Waals surface area contributed by atoms with E-state index in [9.17, 15) is 4.79 Å². The number of nitrogens with one attached hydrogen (secondary N) is 1. The van der Waals surface area contributed by atoms with Gasteiger partial charge >= 0.3 is 0 Å². The molecule has 0 radical (unpaired) electrons. The van der Waals surface area contributed by atoms with Gasteiger partial charge in [-0.3, -0.25) is 9.48 Å². The predicted octanol–water partition coefficient (Wildman–Crippen LogP) is 4.29. The molecule has 22 heavy (non-hydrogen) atoms. The summed E-state index contributed by atoms with van der Waals surface area (Å²) >= 11 is 0. The van der Waals surface area contributed by atoms with Gasteiger partial charge in [0.2, 0.25) is 0 Å². The summed E-state index contributed by atoms with van der Waals surface area (Å²) in [7, 11) is 0. The van der Waals surface area contributed by atoms with Crippen molar-refractivity contribution < 1.29 is 4.79 Å². The van der Waals surface area contributed by atoms with Crippen molar-refractivity contribution in [1.29, 1.82) is 0 Å². The van der Waals surface area contributed by atoms with Crippen molar-refractivity contribution in [2.24, 2.45) is 0 Å². The van der Waals surface area contributed by atoms with Crippen LogP contribution in [0.25, 0.3) is 0 Å². The summed E-state index contributed by atoms with van der Waals surface area (Å²) in [4.78, 5) is 12.7. The van der Waals surface area contributed by atoms with E-state index in [2.05, 4.69) is 30.3 Å². The molecule has 1 fully saturated rings.